The molecule has 2 N–H and O–H groups in total. The van der Waals surface area contributed by atoms with Crippen LogP contribution < -0.4 is 10.6 Å². The fourth-order valence-electron chi connectivity index (χ4n) is 3.17. The van der Waals surface area contributed by atoms with Crippen molar-refractivity contribution >= 4 is 11.8 Å². The smallest absolute Gasteiger partial charge is 0.310 e. The van der Waals surface area contributed by atoms with Gasteiger partial charge in [0.05, 0.1) is 6.04 Å². The van der Waals surface area contributed by atoms with Crippen LogP contribution in [0.15, 0.2) is 60.7 Å². The number of benzene rings is 2. The quantitative estimate of drug-likeness (QED) is 0.850. The lowest BCUT2D eigenvalue weighted by molar-refractivity contribution is -0.139. The van der Waals surface area contributed by atoms with Crippen molar-refractivity contribution in [3.63, 3.8) is 0 Å². The lowest BCUT2D eigenvalue weighted by atomic mass is 9.98. The average Bonchev–Trinajstić information content (AvgIpc) is 3.14. The molecule has 1 aliphatic carbocycles. The first-order valence-electron chi connectivity index (χ1n) is 8.45. The van der Waals surface area contributed by atoms with Crippen LogP contribution in [0.3, 0.4) is 0 Å². The van der Waals surface area contributed by atoms with Gasteiger partial charge in [0.15, 0.2) is 0 Å². The maximum absolute atomic E-state index is 12.4. The molecule has 1 aliphatic rings. The van der Waals surface area contributed by atoms with E-state index in [-0.39, 0.29) is 12.1 Å². The Morgan fingerprint density at radius 3 is 1.79 bits per heavy atom. The van der Waals surface area contributed by atoms with Crippen molar-refractivity contribution in [3.05, 3.63) is 71.8 Å². The molecule has 0 saturated heterocycles. The number of nitrogens with one attached hydrogen (secondary N) is 2. The van der Waals surface area contributed by atoms with E-state index in [1.165, 1.54) is 0 Å². The van der Waals surface area contributed by atoms with Gasteiger partial charge in [-0.15, -0.1) is 0 Å². The summed E-state index contributed by atoms with van der Waals surface area (Å²) in [6.07, 6.45) is 4.14. The molecule has 0 bridgehead atoms. The SMILES string of the molecule is O=C(NC1CCCC1)C(=O)NC(c1ccccc1)c1ccccc1. The highest BCUT2D eigenvalue weighted by Gasteiger charge is 2.24. The van der Waals surface area contributed by atoms with E-state index in [4.69, 9.17) is 0 Å². The lowest BCUT2D eigenvalue weighted by Crippen LogP contribution is -2.45. The molecule has 0 unspecified atom stereocenters. The van der Waals surface area contributed by atoms with Crippen LogP contribution in [-0.2, 0) is 9.59 Å². The number of carbonyl (C=O) groups excluding carboxylic acids is 2. The van der Waals surface area contributed by atoms with E-state index in [1.54, 1.807) is 0 Å². The Bertz CT molecular complexity index is 640. The summed E-state index contributed by atoms with van der Waals surface area (Å²) in [5, 5.41) is 5.71. The van der Waals surface area contributed by atoms with Crippen LogP contribution in [0, 0.1) is 0 Å². The largest absolute Gasteiger partial charge is 0.345 e. The highest BCUT2D eigenvalue weighted by Crippen LogP contribution is 2.22. The maximum atomic E-state index is 12.4. The van der Waals surface area contributed by atoms with Crippen molar-refractivity contribution in [1.82, 2.24) is 10.6 Å². The Kier molecular flexibility index (Phi) is 5.26. The molecular formula is C20H22N2O2. The van der Waals surface area contributed by atoms with Gasteiger partial charge in [-0.05, 0) is 24.0 Å². The highest BCUT2D eigenvalue weighted by molar-refractivity contribution is 6.35. The van der Waals surface area contributed by atoms with Gasteiger partial charge in [-0.1, -0.05) is 73.5 Å². The van der Waals surface area contributed by atoms with Gasteiger partial charge in [-0.25, -0.2) is 0 Å². The van der Waals surface area contributed by atoms with Gasteiger partial charge >= 0.3 is 11.8 Å². The van der Waals surface area contributed by atoms with Gasteiger partial charge in [0.25, 0.3) is 0 Å². The van der Waals surface area contributed by atoms with Crippen LogP contribution in [0.4, 0.5) is 0 Å². The normalized spacial score (nSPS) is 14.5. The van der Waals surface area contributed by atoms with Crippen molar-refractivity contribution < 1.29 is 9.59 Å². The van der Waals surface area contributed by atoms with E-state index in [1.807, 2.05) is 60.7 Å². The summed E-state index contributed by atoms with van der Waals surface area (Å²) in [7, 11) is 0. The molecule has 2 amide bonds. The van der Waals surface area contributed by atoms with Crippen LogP contribution in [-0.4, -0.2) is 17.9 Å². The zero-order valence-electron chi connectivity index (χ0n) is 13.6. The third kappa shape index (κ3) is 4.02. The summed E-state index contributed by atoms with van der Waals surface area (Å²) >= 11 is 0. The monoisotopic (exact) mass is 322 g/mol. The van der Waals surface area contributed by atoms with E-state index in [2.05, 4.69) is 10.6 Å². The summed E-state index contributed by atoms with van der Waals surface area (Å²) in [6.45, 7) is 0. The first kappa shape index (κ1) is 16.2. The van der Waals surface area contributed by atoms with Crippen LogP contribution in [0.25, 0.3) is 0 Å². The van der Waals surface area contributed by atoms with E-state index in [0.717, 1.165) is 36.8 Å². The van der Waals surface area contributed by atoms with E-state index in [9.17, 15) is 9.59 Å². The summed E-state index contributed by atoms with van der Waals surface area (Å²) in [6, 6.07) is 19.2. The van der Waals surface area contributed by atoms with Crippen molar-refractivity contribution in [1.29, 1.82) is 0 Å². The zero-order chi connectivity index (χ0) is 16.8. The minimum atomic E-state index is -0.584. The van der Waals surface area contributed by atoms with Crippen LogP contribution >= 0.6 is 0 Å². The molecule has 24 heavy (non-hydrogen) atoms. The molecule has 3 rings (SSSR count). The van der Waals surface area contributed by atoms with Gasteiger partial charge < -0.3 is 10.6 Å². The zero-order valence-corrected chi connectivity index (χ0v) is 13.6. The maximum Gasteiger partial charge on any atom is 0.310 e. The van der Waals surface area contributed by atoms with Crippen LogP contribution in [0.2, 0.25) is 0 Å². The molecular weight excluding hydrogens is 300 g/mol. The molecule has 1 fully saturated rings. The topological polar surface area (TPSA) is 58.2 Å². The number of rotatable bonds is 4. The molecule has 0 heterocycles. The average molecular weight is 322 g/mol. The number of carbonyl (C=O) groups is 2. The molecule has 2 aromatic carbocycles. The van der Waals surface area contributed by atoms with Crippen LogP contribution in [0.1, 0.15) is 42.9 Å². The van der Waals surface area contributed by atoms with Crippen LogP contribution in [0.5, 0.6) is 0 Å². The van der Waals surface area contributed by atoms with Gasteiger partial charge in [0, 0.05) is 6.04 Å². The van der Waals surface area contributed by atoms with Crippen molar-refractivity contribution in [3.8, 4) is 0 Å². The molecule has 0 aliphatic heterocycles. The number of amides is 2. The second kappa shape index (κ2) is 7.77. The fraction of sp³-hybridized carbons (Fsp3) is 0.300. The Labute approximate surface area is 142 Å². The van der Waals surface area contributed by atoms with Crippen molar-refractivity contribution in [2.24, 2.45) is 0 Å². The second-order valence-corrected chi connectivity index (χ2v) is 6.18. The molecule has 2 aromatic rings. The Balaban J connectivity index is 1.74. The summed E-state index contributed by atoms with van der Waals surface area (Å²) < 4.78 is 0. The molecule has 0 spiro atoms. The summed E-state index contributed by atoms with van der Waals surface area (Å²) in [5.41, 5.74) is 1.90. The number of hydrogen-bond donors (Lipinski definition) is 2. The highest BCUT2D eigenvalue weighted by atomic mass is 16.2. The minimum Gasteiger partial charge on any atom is -0.345 e. The predicted octanol–water partition coefficient (Wildman–Crippen LogP) is 2.95. The predicted molar refractivity (Wildman–Crippen MR) is 93.3 cm³/mol. The van der Waals surface area contributed by atoms with Gasteiger partial charge in [-0.2, -0.15) is 0 Å². The van der Waals surface area contributed by atoms with Gasteiger partial charge in [0.2, 0.25) is 0 Å². The Hall–Kier alpha value is -2.62. The Morgan fingerprint density at radius 2 is 1.29 bits per heavy atom. The summed E-state index contributed by atoms with van der Waals surface area (Å²) in [4.78, 5) is 24.5. The standard InChI is InChI=1S/C20H22N2O2/c23-19(21-17-13-7-8-14-17)20(24)22-18(15-9-3-1-4-10-15)16-11-5-2-6-12-16/h1-6,9-12,17-18H,7-8,13-14H2,(H,21,23)(H,22,24). The van der Waals surface area contributed by atoms with E-state index >= 15 is 0 Å². The molecule has 4 nitrogen and oxygen atoms in total. The fourth-order valence-corrected chi connectivity index (χ4v) is 3.17. The molecule has 0 aromatic heterocycles. The van der Waals surface area contributed by atoms with Gasteiger partial charge in [-0.3, -0.25) is 9.59 Å². The first-order valence-corrected chi connectivity index (χ1v) is 8.45. The Morgan fingerprint density at radius 1 is 0.792 bits per heavy atom. The van der Waals surface area contributed by atoms with E-state index < -0.39 is 11.8 Å². The van der Waals surface area contributed by atoms with Gasteiger partial charge in [0.1, 0.15) is 0 Å². The summed E-state index contributed by atoms with van der Waals surface area (Å²) in [5.74, 6) is -1.13. The lowest BCUT2D eigenvalue weighted by Gasteiger charge is -2.20. The molecule has 4 heteroatoms. The van der Waals surface area contributed by atoms with Crippen molar-refractivity contribution in [2.75, 3.05) is 0 Å². The third-order valence-electron chi connectivity index (χ3n) is 4.44. The number of hydrogen-bond acceptors (Lipinski definition) is 2. The third-order valence-corrected chi connectivity index (χ3v) is 4.44. The molecule has 0 atom stereocenters. The molecule has 0 radical (unpaired) electrons. The first-order chi connectivity index (χ1) is 11.7. The van der Waals surface area contributed by atoms with E-state index in [0.29, 0.717) is 0 Å². The minimum absolute atomic E-state index is 0.134. The second-order valence-electron chi connectivity index (χ2n) is 6.18. The van der Waals surface area contributed by atoms with Crippen molar-refractivity contribution in [2.45, 2.75) is 37.8 Å². The molecule has 124 valence electrons. The molecule has 1 saturated carbocycles.